The molecule has 1 saturated heterocycles. The number of rotatable bonds is 8. The Morgan fingerprint density at radius 2 is 2.04 bits per heavy atom. The highest BCUT2D eigenvalue weighted by Crippen LogP contribution is 2.19. The summed E-state index contributed by atoms with van der Waals surface area (Å²) in [6, 6.07) is 8.37. The highest BCUT2D eigenvalue weighted by atomic mass is 127. The molecule has 0 saturated carbocycles. The van der Waals surface area contributed by atoms with E-state index in [2.05, 4.69) is 63.2 Å². The van der Waals surface area contributed by atoms with Gasteiger partial charge in [-0.25, -0.2) is 0 Å². The van der Waals surface area contributed by atoms with E-state index in [9.17, 15) is 0 Å². The molecule has 1 aromatic rings. The fourth-order valence-corrected chi connectivity index (χ4v) is 3.67. The molecule has 154 valence electrons. The van der Waals surface area contributed by atoms with Crippen LogP contribution in [0, 0.1) is 5.92 Å². The van der Waals surface area contributed by atoms with E-state index in [-0.39, 0.29) is 24.0 Å². The van der Waals surface area contributed by atoms with E-state index in [0.29, 0.717) is 5.92 Å². The van der Waals surface area contributed by atoms with Crippen LogP contribution in [0.25, 0.3) is 0 Å². The molecule has 0 bridgehead atoms. The average molecular weight is 553 g/mol. The molecular weight excluding hydrogens is 519 g/mol. The number of benzene rings is 1. The van der Waals surface area contributed by atoms with E-state index in [1.54, 1.807) is 7.11 Å². The number of guanidine groups is 1. The molecule has 1 aliphatic rings. The second-order valence-corrected chi connectivity index (χ2v) is 7.77. The molecule has 1 N–H and O–H groups in total. The van der Waals surface area contributed by atoms with Gasteiger partial charge in [-0.1, -0.05) is 34.1 Å². The molecule has 0 radical (unpaired) electrons. The molecule has 1 aliphatic heterocycles. The predicted octanol–water partition coefficient (Wildman–Crippen LogP) is 3.82. The van der Waals surface area contributed by atoms with E-state index in [1.165, 1.54) is 18.4 Å². The number of methoxy groups -OCH3 is 1. The number of aliphatic imine (C=N–C) groups is 1. The number of nitrogens with zero attached hydrogens (tertiary/aromatic N) is 3. The van der Waals surface area contributed by atoms with Crippen LogP contribution in [0.2, 0.25) is 0 Å². The number of hydrogen-bond acceptors (Lipinski definition) is 3. The third-order valence-electron chi connectivity index (χ3n) is 4.88. The highest BCUT2D eigenvalue weighted by Gasteiger charge is 2.19. The van der Waals surface area contributed by atoms with Gasteiger partial charge in [-0.2, -0.15) is 0 Å². The summed E-state index contributed by atoms with van der Waals surface area (Å²) in [4.78, 5) is 9.62. The van der Waals surface area contributed by atoms with E-state index in [1.807, 2.05) is 6.07 Å². The Bertz CT molecular complexity index is 565. The van der Waals surface area contributed by atoms with E-state index < -0.39 is 0 Å². The van der Waals surface area contributed by atoms with Gasteiger partial charge in [0.1, 0.15) is 0 Å². The van der Waals surface area contributed by atoms with Gasteiger partial charge >= 0.3 is 0 Å². The van der Waals surface area contributed by atoms with Crippen LogP contribution in [0.1, 0.15) is 25.3 Å². The van der Waals surface area contributed by atoms with Gasteiger partial charge in [-0.15, -0.1) is 24.0 Å². The van der Waals surface area contributed by atoms with Crippen molar-refractivity contribution in [1.82, 2.24) is 15.1 Å². The standard InChI is InChI=1S/C20H33BrN4O.HI/c1-4-22-20(24(2)16-18-7-5-6-8-19(18)21)23-15-17-9-11-25(12-10-17)13-14-26-3;/h5-8,17H,4,9-16H2,1-3H3,(H,22,23);1H. The quantitative estimate of drug-likeness (QED) is 0.302. The van der Waals surface area contributed by atoms with Crippen LogP contribution >= 0.6 is 39.9 Å². The number of ether oxygens (including phenoxy) is 1. The minimum absolute atomic E-state index is 0. The predicted molar refractivity (Wildman–Crippen MR) is 128 cm³/mol. The van der Waals surface area contributed by atoms with E-state index in [0.717, 1.165) is 56.3 Å². The van der Waals surface area contributed by atoms with E-state index in [4.69, 9.17) is 9.73 Å². The van der Waals surface area contributed by atoms with Crippen molar-refractivity contribution in [3.05, 3.63) is 34.3 Å². The van der Waals surface area contributed by atoms with Crippen LogP contribution in [0.4, 0.5) is 0 Å². The molecule has 0 aromatic heterocycles. The fourth-order valence-electron chi connectivity index (χ4n) is 3.26. The third-order valence-corrected chi connectivity index (χ3v) is 5.65. The van der Waals surface area contributed by atoms with Crippen molar-refractivity contribution in [3.8, 4) is 0 Å². The summed E-state index contributed by atoms with van der Waals surface area (Å²) in [5.41, 5.74) is 1.27. The molecule has 0 amide bonds. The maximum absolute atomic E-state index is 5.18. The number of likely N-dealkylation sites (tertiary alicyclic amines) is 1. The average Bonchev–Trinajstić information content (AvgIpc) is 2.66. The molecule has 0 unspecified atom stereocenters. The molecule has 0 spiro atoms. The summed E-state index contributed by atoms with van der Waals surface area (Å²) in [5, 5.41) is 3.43. The van der Waals surface area contributed by atoms with Gasteiger partial charge in [0.15, 0.2) is 5.96 Å². The Balaban J connectivity index is 0.00000364. The third kappa shape index (κ3) is 8.66. The van der Waals surface area contributed by atoms with E-state index >= 15 is 0 Å². The number of piperidine rings is 1. The van der Waals surface area contributed by atoms with Gasteiger partial charge in [0, 0.05) is 44.8 Å². The Labute approximate surface area is 190 Å². The first-order chi connectivity index (χ1) is 12.6. The highest BCUT2D eigenvalue weighted by molar-refractivity contribution is 14.0. The van der Waals surface area contributed by atoms with Crippen LogP contribution < -0.4 is 5.32 Å². The molecule has 27 heavy (non-hydrogen) atoms. The van der Waals surface area contributed by atoms with Gasteiger partial charge in [-0.05, 0) is 50.4 Å². The van der Waals surface area contributed by atoms with Gasteiger partial charge in [0.05, 0.1) is 6.61 Å². The van der Waals surface area contributed by atoms with Gasteiger partial charge in [0.2, 0.25) is 0 Å². The molecule has 5 nitrogen and oxygen atoms in total. The number of nitrogens with one attached hydrogen (secondary N) is 1. The summed E-state index contributed by atoms with van der Waals surface area (Å²) in [6.07, 6.45) is 2.45. The lowest BCUT2D eigenvalue weighted by molar-refractivity contribution is 0.121. The Kier molecular flexibility index (Phi) is 12.5. The molecule has 1 aromatic carbocycles. The lowest BCUT2D eigenvalue weighted by Crippen LogP contribution is -2.40. The maximum atomic E-state index is 5.18. The molecule has 7 heteroatoms. The topological polar surface area (TPSA) is 40.1 Å². The van der Waals surface area contributed by atoms with Gasteiger partial charge < -0.3 is 19.9 Å². The lowest BCUT2D eigenvalue weighted by Gasteiger charge is -2.31. The van der Waals surface area contributed by atoms with Crippen LogP contribution in [-0.4, -0.2) is 69.2 Å². The minimum Gasteiger partial charge on any atom is -0.383 e. The van der Waals surface area contributed by atoms with Crippen LogP contribution in [0.5, 0.6) is 0 Å². The minimum atomic E-state index is 0. The summed E-state index contributed by atoms with van der Waals surface area (Å²) < 4.78 is 6.32. The molecule has 0 atom stereocenters. The number of halogens is 2. The normalized spacial score (nSPS) is 16.1. The molecule has 1 heterocycles. The maximum Gasteiger partial charge on any atom is 0.193 e. The molecule has 1 fully saturated rings. The van der Waals surface area contributed by atoms with Crippen molar-refractivity contribution in [1.29, 1.82) is 0 Å². The number of hydrogen-bond donors (Lipinski definition) is 1. The summed E-state index contributed by atoms with van der Waals surface area (Å²) >= 11 is 3.64. The fraction of sp³-hybridized carbons (Fsp3) is 0.650. The van der Waals surface area contributed by atoms with Crippen molar-refractivity contribution >= 4 is 45.9 Å². The van der Waals surface area contributed by atoms with Crippen LogP contribution in [-0.2, 0) is 11.3 Å². The Morgan fingerprint density at radius 3 is 2.67 bits per heavy atom. The van der Waals surface area contributed by atoms with Crippen molar-refractivity contribution in [2.24, 2.45) is 10.9 Å². The van der Waals surface area contributed by atoms with Gasteiger partial charge in [-0.3, -0.25) is 4.99 Å². The summed E-state index contributed by atoms with van der Waals surface area (Å²) in [7, 11) is 3.88. The van der Waals surface area contributed by atoms with Crippen LogP contribution in [0.3, 0.4) is 0 Å². The molecule has 2 rings (SSSR count). The largest absolute Gasteiger partial charge is 0.383 e. The van der Waals surface area contributed by atoms with Gasteiger partial charge in [0.25, 0.3) is 0 Å². The molecule has 0 aliphatic carbocycles. The van der Waals surface area contributed by atoms with Crippen molar-refractivity contribution in [2.75, 3.05) is 53.5 Å². The summed E-state index contributed by atoms with van der Waals surface area (Å²) in [5.74, 6) is 1.67. The Hall–Kier alpha value is -0.380. The van der Waals surface area contributed by atoms with Crippen molar-refractivity contribution < 1.29 is 4.74 Å². The Morgan fingerprint density at radius 1 is 1.33 bits per heavy atom. The second kappa shape index (κ2) is 13.7. The zero-order chi connectivity index (χ0) is 18.8. The summed E-state index contributed by atoms with van der Waals surface area (Å²) in [6.45, 7) is 8.94. The second-order valence-electron chi connectivity index (χ2n) is 6.92. The smallest absolute Gasteiger partial charge is 0.193 e. The lowest BCUT2D eigenvalue weighted by atomic mass is 9.97. The van der Waals surface area contributed by atoms with Crippen molar-refractivity contribution in [3.63, 3.8) is 0 Å². The first-order valence-electron chi connectivity index (χ1n) is 9.58. The zero-order valence-electron chi connectivity index (χ0n) is 16.8. The first-order valence-corrected chi connectivity index (χ1v) is 10.4. The SMILES string of the molecule is CCNC(=NCC1CCN(CCOC)CC1)N(C)Cc1ccccc1Br.I. The van der Waals surface area contributed by atoms with Crippen molar-refractivity contribution in [2.45, 2.75) is 26.3 Å². The zero-order valence-corrected chi connectivity index (χ0v) is 20.7. The monoisotopic (exact) mass is 552 g/mol. The molecular formula is C20H34BrIN4O. The van der Waals surface area contributed by atoms with Crippen LogP contribution in [0.15, 0.2) is 33.7 Å². The first kappa shape index (κ1) is 24.7.